The number of aromatic nitrogens is 2. The summed E-state index contributed by atoms with van der Waals surface area (Å²) < 4.78 is 44.4. The first-order valence-electron chi connectivity index (χ1n) is 12.9. The number of anilines is 3. The van der Waals surface area contributed by atoms with Gasteiger partial charge in [0, 0.05) is 34.8 Å². The van der Waals surface area contributed by atoms with Crippen LogP contribution in [0.2, 0.25) is 0 Å². The molecule has 0 atom stereocenters. The third kappa shape index (κ3) is 6.22. The minimum atomic E-state index is -4.50. The van der Waals surface area contributed by atoms with Gasteiger partial charge in [0.15, 0.2) is 5.78 Å². The highest BCUT2D eigenvalue weighted by Crippen LogP contribution is 2.30. The van der Waals surface area contributed by atoms with Crippen LogP contribution in [0.4, 0.5) is 30.5 Å². The van der Waals surface area contributed by atoms with Crippen LogP contribution in [0.3, 0.4) is 0 Å². The van der Waals surface area contributed by atoms with Crippen LogP contribution in [0.15, 0.2) is 91.3 Å². The Hall–Kier alpha value is -5.25. The zero-order chi connectivity index (χ0) is 29.9. The molecule has 0 aliphatic carbocycles. The molecule has 2 aromatic heterocycles. The fourth-order valence-electron chi connectivity index (χ4n) is 4.47. The minimum Gasteiger partial charge on any atom is -0.495 e. The molecule has 0 unspecified atom stereocenters. The summed E-state index contributed by atoms with van der Waals surface area (Å²) in [5.41, 5.74) is 1.23. The standard InChI is InChI=1S/C32H25F3N4O3/c1-19-9-10-21(28(40)16-20-5-3-6-22(15-20)32(33,34)35)17-27(19)38-31(41)26-8-4-7-25-24(26)13-14-36-30(25)39-29-12-11-23(42-2)18-37-29/h3-15,17-18H,16H2,1-2H3,(H,38,41)(H,36,37,39). The number of rotatable bonds is 8. The van der Waals surface area contributed by atoms with Gasteiger partial charge < -0.3 is 15.4 Å². The van der Waals surface area contributed by atoms with Crippen LogP contribution < -0.4 is 15.4 Å². The van der Waals surface area contributed by atoms with E-state index in [9.17, 15) is 22.8 Å². The summed E-state index contributed by atoms with van der Waals surface area (Å²) >= 11 is 0. The molecule has 0 bridgehead atoms. The molecule has 0 fully saturated rings. The molecule has 2 N–H and O–H groups in total. The van der Waals surface area contributed by atoms with Gasteiger partial charge >= 0.3 is 6.18 Å². The van der Waals surface area contributed by atoms with Crippen molar-refractivity contribution in [1.82, 2.24) is 9.97 Å². The quantitative estimate of drug-likeness (QED) is 0.189. The second-order valence-electron chi connectivity index (χ2n) is 9.55. The molecule has 5 rings (SSSR count). The number of hydrogen-bond acceptors (Lipinski definition) is 6. The Kier molecular flexibility index (Phi) is 7.88. The number of nitrogens with one attached hydrogen (secondary N) is 2. The average Bonchev–Trinajstić information content (AvgIpc) is 2.98. The number of alkyl halides is 3. The number of fused-ring (bicyclic) bond motifs is 1. The predicted octanol–water partition coefficient (Wildman–Crippen LogP) is 7.39. The SMILES string of the molecule is COc1ccc(Nc2nccc3c(C(=O)Nc4cc(C(=O)Cc5cccc(C(F)(F)F)c5)ccc4C)cccc23)nc1. The number of carbonyl (C=O) groups is 2. The zero-order valence-electron chi connectivity index (χ0n) is 22.6. The van der Waals surface area contributed by atoms with Crippen molar-refractivity contribution in [2.24, 2.45) is 0 Å². The summed E-state index contributed by atoms with van der Waals surface area (Å²) in [5, 5.41) is 7.39. The molecular weight excluding hydrogens is 545 g/mol. The zero-order valence-corrected chi connectivity index (χ0v) is 22.6. The Bertz CT molecular complexity index is 1790. The number of benzene rings is 3. The highest BCUT2D eigenvalue weighted by molar-refractivity contribution is 6.15. The van der Waals surface area contributed by atoms with Gasteiger partial charge in [0.25, 0.3) is 5.91 Å². The first-order chi connectivity index (χ1) is 20.1. The van der Waals surface area contributed by atoms with Crippen LogP contribution >= 0.6 is 0 Å². The summed E-state index contributed by atoms with van der Waals surface area (Å²) in [6.07, 6.45) is -1.55. The van der Waals surface area contributed by atoms with Crippen molar-refractivity contribution in [1.29, 1.82) is 0 Å². The van der Waals surface area contributed by atoms with Crippen molar-refractivity contribution >= 4 is 39.8 Å². The number of pyridine rings is 2. The highest BCUT2D eigenvalue weighted by Gasteiger charge is 2.30. The number of hydrogen-bond donors (Lipinski definition) is 2. The molecule has 0 aliphatic heterocycles. The molecule has 0 radical (unpaired) electrons. The predicted molar refractivity (Wildman–Crippen MR) is 154 cm³/mol. The van der Waals surface area contributed by atoms with Crippen molar-refractivity contribution in [3.8, 4) is 5.75 Å². The summed E-state index contributed by atoms with van der Waals surface area (Å²) in [7, 11) is 1.55. The lowest BCUT2D eigenvalue weighted by molar-refractivity contribution is -0.137. The maximum Gasteiger partial charge on any atom is 0.416 e. The molecule has 212 valence electrons. The number of Topliss-reactive ketones (excluding diaryl/α,β-unsaturated/α-hetero) is 1. The van der Waals surface area contributed by atoms with E-state index in [2.05, 4.69) is 20.6 Å². The second-order valence-corrected chi connectivity index (χ2v) is 9.55. The summed E-state index contributed by atoms with van der Waals surface area (Å²) in [6.45, 7) is 1.79. The Morgan fingerprint density at radius 1 is 0.905 bits per heavy atom. The third-order valence-electron chi connectivity index (χ3n) is 6.70. The van der Waals surface area contributed by atoms with Crippen molar-refractivity contribution in [3.05, 3.63) is 119 Å². The molecule has 42 heavy (non-hydrogen) atoms. The number of aryl methyl sites for hydroxylation is 1. The third-order valence-corrected chi connectivity index (χ3v) is 6.70. The van der Waals surface area contributed by atoms with Gasteiger partial charge in [-0.3, -0.25) is 9.59 Å². The minimum absolute atomic E-state index is 0.213. The van der Waals surface area contributed by atoms with Crippen LogP contribution in [0.25, 0.3) is 10.8 Å². The number of ether oxygens (including phenoxy) is 1. The van der Waals surface area contributed by atoms with Gasteiger partial charge in [-0.2, -0.15) is 13.2 Å². The summed E-state index contributed by atoms with van der Waals surface area (Å²) in [4.78, 5) is 35.1. The van der Waals surface area contributed by atoms with Crippen molar-refractivity contribution in [2.45, 2.75) is 19.5 Å². The maximum atomic E-state index is 13.5. The van der Waals surface area contributed by atoms with Crippen LogP contribution in [-0.4, -0.2) is 28.8 Å². The number of methoxy groups -OCH3 is 1. The number of nitrogens with zero attached hydrogens (tertiary/aromatic N) is 2. The molecule has 0 aliphatic rings. The second kappa shape index (κ2) is 11.7. The molecule has 0 saturated carbocycles. The fourth-order valence-corrected chi connectivity index (χ4v) is 4.47. The molecule has 5 aromatic rings. The normalized spacial score (nSPS) is 11.3. The smallest absolute Gasteiger partial charge is 0.416 e. The lowest BCUT2D eigenvalue weighted by Crippen LogP contribution is -2.14. The highest BCUT2D eigenvalue weighted by atomic mass is 19.4. The van der Waals surface area contributed by atoms with E-state index in [-0.39, 0.29) is 23.3 Å². The molecule has 0 saturated heterocycles. The van der Waals surface area contributed by atoms with Gasteiger partial charge in [0.05, 0.1) is 18.9 Å². The molecule has 10 heteroatoms. The van der Waals surface area contributed by atoms with Crippen LogP contribution in [-0.2, 0) is 12.6 Å². The lowest BCUT2D eigenvalue weighted by atomic mass is 9.99. The van der Waals surface area contributed by atoms with E-state index in [4.69, 9.17) is 4.74 Å². The van der Waals surface area contributed by atoms with Gasteiger partial charge in [-0.15, -0.1) is 0 Å². The molecule has 0 spiro atoms. The largest absolute Gasteiger partial charge is 0.495 e. The van der Waals surface area contributed by atoms with Crippen molar-refractivity contribution < 1.29 is 27.5 Å². The Labute approximate surface area is 239 Å². The van der Waals surface area contributed by atoms with E-state index in [0.717, 1.165) is 12.1 Å². The number of halogens is 3. The van der Waals surface area contributed by atoms with E-state index >= 15 is 0 Å². The van der Waals surface area contributed by atoms with E-state index in [1.54, 1.807) is 68.9 Å². The Morgan fingerprint density at radius 3 is 2.45 bits per heavy atom. The first kappa shape index (κ1) is 28.3. The molecule has 1 amide bonds. The number of ketones is 1. The summed E-state index contributed by atoms with van der Waals surface area (Å²) in [5.74, 6) is 0.906. The lowest BCUT2D eigenvalue weighted by Gasteiger charge is -2.14. The maximum absolute atomic E-state index is 13.5. The van der Waals surface area contributed by atoms with Gasteiger partial charge in [-0.1, -0.05) is 42.5 Å². The van der Waals surface area contributed by atoms with Gasteiger partial charge in [0.1, 0.15) is 17.4 Å². The van der Waals surface area contributed by atoms with Crippen molar-refractivity contribution in [3.63, 3.8) is 0 Å². The number of amides is 1. The topological polar surface area (TPSA) is 93.2 Å². The van der Waals surface area contributed by atoms with Gasteiger partial charge in [-0.05, 0) is 59.8 Å². The van der Waals surface area contributed by atoms with E-state index in [1.165, 1.54) is 18.2 Å². The number of carbonyl (C=O) groups excluding carboxylic acids is 2. The van der Waals surface area contributed by atoms with E-state index < -0.39 is 17.6 Å². The Balaban J connectivity index is 1.37. The molecule has 3 aromatic carbocycles. The first-order valence-corrected chi connectivity index (χ1v) is 12.9. The van der Waals surface area contributed by atoms with Gasteiger partial charge in [0.2, 0.25) is 0 Å². The Morgan fingerprint density at radius 2 is 1.71 bits per heavy atom. The van der Waals surface area contributed by atoms with Crippen LogP contribution in [0.5, 0.6) is 5.75 Å². The van der Waals surface area contributed by atoms with Crippen LogP contribution in [0, 0.1) is 6.92 Å². The average molecular weight is 571 g/mol. The van der Waals surface area contributed by atoms with Crippen LogP contribution in [0.1, 0.15) is 37.4 Å². The van der Waals surface area contributed by atoms with Gasteiger partial charge in [-0.25, -0.2) is 9.97 Å². The fraction of sp³-hybridized carbons (Fsp3) is 0.125. The monoisotopic (exact) mass is 570 g/mol. The molecular formula is C32H25F3N4O3. The van der Waals surface area contributed by atoms with E-state index in [1.807, 2.05) is 6.07 Å². The van der Waals surface area contributed by atoms with Crippen molar-refractivity contribution in [2.75, 3.05) is 17.7 Å². The van der Waals surface area contributed by atoms with E-state index in [0.29, 0.717) is 45.0 Å². The molecule has 7 nitrogen and oxygen atoms in total. The molecule has 2 heterocycles. The summed E-state index contributed by atoms with van der Waals surface area (Å²) in [6, 6.07) is 20.0.